The molecule has 0 radical (unpaired) electrons. The maximum Gasteiger partial charge on any atom is 0.310 e. The Kier molecular flexibility index (Phi) is 4.69. The first kappa shape index (κ1) is 16.6. The molecule has 8 nitrogen and oxygen atoms in total. The van der Waals surface area contributed by atoms with Gasteiger partial charge in [-0.2, -0.15) is 0 Å². The molecular weight excluding hydrogens is 328 g/mol. The molecule has 1 aliphatic heterocycles. The lowest BCUT2D eigenvalue weighted by atomic mass is 10.2. The van der Waals surface area contributed by atoms with Gasteiger partial charge in [0.2, 0.25) is 6.79 Å². The molecule has 1 atom stereocenters. The van der Waals surface area contributed by atoms with Gasteiger partial charge in [-0.05, 0) is 30.7 Å². The van der Waals surface area contributed by atoms with E-state index < -0.39 is 11.0 Å². The molecule has 8 heteroatoms. The number of nitrogens with zero attached hydrogens (tertiary/aromatic N) is 1. The smallest absolute Gasteiger partial charge is 0.310 e. The molecule has 0 saturated heterocycles. The number of nitrogens with one attached hydrogen (secondary N) is 1. The summed E-state index contributed by atoms with van der Waals surface area (Å²) in [6.45, 7) is 2.00. The van der Waals surface area contributed by atoms with Gasteiger partial charge in [-0.25, -0.2) is 0 Å². The number of rotatable bonds is 6. The summed E-state index contributed by atoms with van der Waals surface area (Å²) in [5.74, 6) is 0.980. The number of carbonyl (C=O) groups is 1. The molecular formula is C17H16N2O6. The van der Waals surface area contributed by atoms with Crippen molar-refractivity contribution in [1.29, 1.82) is 0 Å². The first-order valence-corrected chi connectivity index (χ1v) is 7.61. The maximum atomic E-state index is 12.2. The van der Waals surface area contributed by atoms with Crippen LogP contribution in [0.25, 0.3) is 0 Å². The summed E-state index contributed by atoms with van der Waals surface area (Å²) in [7, 11) is 0. The Morgan fingerprint density at radius 3 is 2.84 bits per heavy atom. The number of carbonyl (C=O) groups excluding carboxylic acids is 1. The standard InChI is InChI=1S/C17H16N2O6/c1-11(25-14-5-3-2-4-13(14)19(21)22)17(20)18-9-12-6-7-15-16(8-12)24-10-23-15/h2-8,11H,9-10H2,1H3,(H,18,20)/t11-/m0/s1. The predicted molar refractivity (Wildman–Crippen MR) is 87.6 cm³/mol. The topological polar surface area (TPSA) is 99.9 Å². The lowest BCUT2D eigenvalue weighted by Gasteiger charge is -2.14. The number of fused-ring (bicyclic) bond motifs is 1. The fourth-order valence-corrected chi connectivity index (χ4v) is 2.34. The van der Waals surface area contributed by atoms with Crippen LogP contribution in [-0.2, 0) is 11.3 Å². The summed E-state index contributed by atoms with van der Waals surface area (Å²) >= 11 is 0. The van der Waals surface area contributed by atoms with E-state index in [9.17, 15) is 14.9 Å². The Morgan fingerprint density at radius 1 is 1.28 bits per heavy atom. The van der Waals surface area contributed by atoms with Crippen LogP contribution in [0.5, 0.6) is 17.2 Å². The number of hydrogen-bond donors (Lipinski definition) is 1. The van der Waals surface area contributed by atoms with E-state index in [0.717, 1.165) is 5.56 Å². The van der Waals surface area contributed by atoms with Crippen LogP contribution in [0.4, 0.5) is 5.69 Å². The van der Waals surface area contributed by atoms with Gasteiger partial charge in [0.25, 0.3) is 5.91 Å². The van der Waals surface area contributed by atoms with Crippen LogP contribution in [0, 0.1) is 10.1 Å². The van der Waals surface area contributed by atoms with Gasteiger partial charge in [0, 0.05) is 12.6 Å². The van der Waals surface area contributed by atoms with E-state index >= 15 is 0 Å². The van der Waals surface area contributed by atoms with Crippen LogP contribution < -0.4 is 19.5 Å². The SMILES string of the molecule is C[C@H](Oc1ccccc1[N+](=O)[O-])C(=O)NCc1ccc2c(c1)OCO2. The van der Waals surface area contributed by atoms with Gasteiger partial charge in [0.15, 0.2) is 23.4 Å². The van der Waals surface area contributed by atoms with Gasteiger partial charge in [-0.1, -0.05) is 18.2 Å². The largest absolute Gasteiger partial charge is 0.474 e. The van der Waals surface area contributed by atoms with Crippen molar-refractivity contribution in [3.8, 4) is 17.2 Å². The molecule has 3 rings (SSSR count). The minimum Gasteiger partial charge on any atom is -0.474 e. The highest BCUT2D eigenvalue weighted by molar-refractivity contribution is 5.80. The summed E-state index contributed by atoms with van der Waals surface area (Å²) in [6, 6.07) is 11.3. The molecule has 2 aromatic rings. The van der Waals surface area contributed by atoms with E-state index in [1.54, 1.807) is 18.2 Å². The van der Waals surface area contributed by atoms with E-state index in [0.29, 0.717) is 11.5 Å². The summed E-state index contributed by atoms with van der Waals surface area (Å²) in [6.07, 6.45) is -0.880. The number of para-hydroxylation sites is 2. The predicted octanol–water partition coefficient (Wildman–Crippen LogP) is 2.41. The number of nitro groups is 1. The van der Waals surface area contributed by atoms with Crippen molar-refractivity contribution in [2.24, 2.45) is 0 Å². The summed E-state index contributed by atoms with van der Waals surface area (Å²) in [4.78, 5) is 22.6. The van der Waals surface area contributed by atoms with Gasteiger partial charge in [0.1, 0.15) is 0 Å². The normalized spacial score (nSPS) is 13.2. The Labute approximate surface area is 143 Å². The monoisotopic (exact) mass is 344 g/mol. The van der Waals surface area contributed by atoms with Gasteiger partial charge >= 0.3 is 5.69 Å². The van der Waals surface area contributed by atoms with Crippen LogP contribution >= 0.6 is 0 Å². The van der Waals surface area contributed by atoms with Crippen molar-refractivity contribution in [2.45, 2.75) is 19.6 Å². The number of hydrogen-bond acceptors (Lipinski definition) is 6. The molecule has 0 unspecified atom stereocenters. The van der Waals surface area contributed by atoms with Crippen molar-refractivity contribution >= 4 is 11.6 Å². The molecule has 0 saturated carbocycles. The average Bonchev–Trinajstić information content (AvgIpc) is 3.07. The zero-order valence-corrected chi connectivity index (χ0v) is 13.4. The van der Waals surface area contributed by atoms with Crippen LogP contribution in [0.3, 0.4) is 0 Å². The molecule has 1 amide bonds. The highest BCUT2D eigenvalue weighted by Crippen LogP contribution is 2.32. The Bertz CT molecular complexity index is 807. The molecule has 130 valence electrons. The molecule has 0 aliphatic carbocycles. The first-order valence-electron chi connectivity index (χ1n) is 7.61. The van der Waals surface area contributed by atoms with Crippen LogP contribution in [-0.4, -0.2) is 23.7 Å². The highest BCUT2D eigenvalue weighted by Gasteiger charge is 2.20. The highest BCUT2D eigenvalue weighted by atomic mass is 16.7. The maximum absolute atomic E-state index is 12.2. The van der Waals surface area contributed by atoms with E-state index in [2.05, 4.69) is 5.32 Å². The third-order valence-electron chi connectivity index (χ3n) is 3.64. The van der Waals surface area contributed by atoms with Crippen molar-refractivity contribution in [2.75, 3.05) is 6.79 Å². The molecule has 1 N–H and O–H groups in total. The van der Waals surface area contributed by atoms with Crippen molar-refractivity contribution in [3.05, 3.63) is 58.1 Å². The third kappa shape index (κ3) is 3.79. The average molecular weight is 344 g/mol. The number of amides is 1. The van der Waals surface area contributed by atoms with Crippen molar-refractivity contribution in [3.63, 3.8) is 0 Å². The van der Waals surface area contributed by atoms with Crippen LogP contribution in [0.1, 0.15) is 12.5 Å². The van der Waals surface area contributed by atoms with Gasteiger partial charge in [-0.15, -0.1) is 0 Å². The first-order chi connectivity index (χ1) is 12.0. The number of ether oxygens (including phenoxy) is 3. The quantitative estimate of drug-likeness (QED) is 0.638. The van der Waals surface area contributed by atoms with Crippen LogP contribution in [0.2, 0.25) is 0 Å². The second-order valence-corrected chi connectivity index (χ2v) is 5.39. The summed E-state index contributed by atoms with van der Waals surface area (Å²) < 4.78 is 15.9. The van der Waals surface area contributed by atoms with Gasteiger partial charge in [-0.3, -0.25) is 14.9 Å². The third-order valence-corrected chi connectivity index (χ3v) is 3.64. The summed E-state index contributed by atoms with van der Waals surface area (Å²) in [5.41, 5.74) is 0.661. The fourth-order valence-electron chi connectivity index (χ4n) is 2.34. The van der Waals surface area contributed by atoms with E-state index in [1.807, 2.05) is 6.07 Å². The molecule has 0 aromatic heterocycles. The summed E-state index contributed by atoms with van der Waals surface area (Å²) in [5, 5.41) is 13.7. The fraction of sp³-hybridized carbons (Fsp3) is 0.235. The number of benzene rings is 2. The Balaban J connectivity index is 1.59. The number of nitro benzene ring substituents is 1. The van der Waals surface area contributed by atoms with Gasteiger partial charge in [0.05, 0.1) is 4.92 Å². The van der Waals surface area contributed by atoms with Crippen molar-refractivity contribution < 1.29 is 23.9 Å². The minimum absolute atomic E-state index is 0.0539. The molecule has 25 heavy (non-hydrogen) atoms. The van der Waals surface area contributed by atoms with Crippen LogP contribution in [0.15, 0.2) is 42.5 Å². The Morgan fingerprint density at radius 2 is 2.04 bits per heavy atom. The lowest BCUT2D eigenvalue weighted by Crippen LogP contribution is -2.36. The molecule has 0 spiro atoms. The molecule has 2 aromatic carbocycles. The molecule has 0 fully saturated rings. The van der Waals surface area contributed by atoms with E-state index in [-0.39, 0.29) is 30.7 Å². The molecule has 0 bridgehead atoms. The van der Waals surface area contributed by atoms with E-state index in [4.69, 9.17) is 14.2 Å². The second-order valence-electron chi connectivity index (χ2n) is 5.39. The Hall–Kier alpha value is -3.29. The van der Waals surface area contributed by atoms with Gasteiger partial charge < -0.3 is 19.5 Å². The zero-order chi connectivity index (χ0) is 17.8. The minimum atomic E-state index is -0.880. The molecule has 1 aliphatic rings. The second kappa shape index (κ2) is 7.08. The molecule has 1 heterocycles. The van der Waals surface area contributed by atoms with E-state index in [1.165, 1.54) is 25.1 Å². The zero-order valence-electron chi connectivity index (χ0n) is 13.4. The lowest BCUT2D eigenvalue weighted by molar-refractivity contribution is -0.386. The van der Waals surface area contributed by atoms with Crippen molar-refractivity contribution in [1.82, 2.24) is 5.32 Å².